The van der Waals surface area contributed by atoms with Crippen molar-refractivity contribution in [2.75, 3.05) is 13.7 Å². The van der Waals surface area contributed by atoms with Crippen molar-refractivity contribution in [3.05, 3.63) is 57.6 Å². The van der Waals surface area contributed by atoms with Gasteiger partial charge in [0, 0.05) is 12.4 Å². The monoisotopic (exact) mass is 433 g/mol. The van der Waals surface area contributed by atoms with Crippen LogP contribution >= 0.6 is 22.9 Å². The van der Waals surface area contributed by atoms with Crippen molar-refractivity contribution in [3.63, 3.8) is 0 Å². The normalized spacial score (nSPS) is 19.2. The SMILES string of the molecule is CN(C(=O)[C@H](O)CO)[C@H]1c2ccccc2C[C@H]1NC(=O)c1cc2cc(Cl)sc2[nH]1. The van der Waals surface area contributed by atoms with Crippen LogP contribution in [0, 0.1) is 0 Å². The van der Waals surface area contributed by atoms with Crippen molar-refractivity contribution in [1.29, 1.82) is 0 Å². The first-order valence-corrected chi connectivity index (χ1v) is 10.3. The third-order valence-corrected chi connectivity index (χ3v) is 6.45. The van der Waals surface area contributed by atoms with Crippen molar-refractivity contribution < 1.29 is 19.8 Å². The number of hydrogen-bond acceptors (Lipinski definition) is 5. The van der Waals surface area contributed by atoms with Crippen LogP contribution < -0.4 is 5.32 Å². The molecule has 4 rings (SSSR count). The molecule has 0 unspecified atom stereocenters. The Morgan fingerprint density at radius 1 is 1.38 bits per heavy atom. The van der Waals surface area contributed by atoms with E-state index in [1.54, 1.807) is 19.2 Å². The summed E-state index contributed by atoms with van der Waals surface area (Å²) in [5.41, 5.74) is 2.36. The summed E-state index contributed by atoms with van der Waals surface area (Å²) in [6, 6.07) is 10.4. The lowest BCUT2D eigenvalue weighted by atomic mass is 10.0. The van der Waals surface area contributed by atoms with Gasteiger partial charge in [0.1, 0.15) is 10.5 Å². The highest BCUT2D eigenvalue weighted by atomic mass is 35.5. The number of nitrogens with zero attached hydrogens (tertiary/aromatic N) is 1. The Labute approximate surface area is 175 Å². The van der Waals surface area contributed by atoms with Crippen molar-refractivity contribution in [1.82, 2.24) is 15.2 Å². The minimum Gasteiger partial charge on any atom is -0.393 e. The van der Waals surface area contributed by atoms with Gasteiger partial charge in [-0.25, -0.2) is 0 Å². The van der Waals surface area contributed by atoms with Crippen LogP contribution in [0.3, 0.4) is 0 Å². The number of fused-ring (bicyclic) bond motifs is 2. The molecule has 2 aromatic heterocycles. The number of aliphatic hydroxyl groups excluding tert-OH is 2. The summed E-state index contributed by atoms with van der Waals surface area (Å²) in [5.74, 6) is -0.876. The molecule has 3 aromatic rings. The average Bonchev–Trinajstić information content (AvgIpc) is 3.36. The second-order valence-corrected chi connectivity index (χ2v) is 8.78. The molecule has 29 heavy (non-hydrogen) atoms. The van der Waals surface area contributed by atoms with Crippen LogP contribution in [0.15, 0.2) is 36.4 Å². The number of nitrogens with one attached hydrogen (secondary N) is 2. The van der Waals surface area contributed by atoms with Gasteiger partial charge in [0.15, 0.2) is 6.10 Å². The second-order valence-electron chi connectivity index (χ2n) is 7.09. The van der Waals surface area contributed by atoms with Crippen molar-refractivity contribution in [3.8, 4) is 0 Å². The Balaban J connectivity index is 1.59. The lowest BCUT2D eigenvalue weighted by molar-refractivity contribution is -0.143. The number of carbonyl (C=O) groups is 2. The van der Waals surface area contributed by atoms with Gasteiger partial charge in [-0.3, -0.25) is 9.59 Å². The first-order valence-electron chi connectivity index (χ1n) is 9.11. The number of rotatable bonds is 5. The van der Waals surface area contributed by atoms with E-state index in [1.165, 1.54) is 16.2 Å². The number of likely N-dealkylation sites (N-methyl/N-ethyl adjacent to an activating group) is 1. The van der Waals surface area contributed by atoms with E-state index in [1.807, 2.05) is 24.3 Å². The fourth-order valence-corrected chi connectivity index (χ4v) is 5.02. The van der Waals surface area contributed by atoms with Crippen LogP contribution in [0.4, 0.5) is 0 Å². The molecule has 1 aliphatic rings. The Morgan fingerprint density at radius 3 is 2.86 bits per heavy atom. The number of benzene rings is 1. The second kappa shape index (κ2) is 7.79. The molecule has 2 heterocycles. The first-order chi connectivity index (χ1) is 13.9. The molecule has 152 valence electrons. The smallest absolute Gasteiger partial charge is 0.268 e. The fraction of sp³-hybridized carbons (Fsp3) is 0.300. The summed E-state index contributed by atoms with van der Waals surface area (Å²) >= 11 is 7.35. The zero-order chi connectivity index (χ0) is 20.7. The Bertz CT molecular complexity index is 1050. The number of aromatic nitrogens is 1. The zero-order valence-electron chi connectivity index (χ0n) is 15.6. The largest absolute Gasteiger partial charge is 0.393 e. The van der Waals surface area contributed by atoms with Gasteiger partial charge in [-0.2, -0.15) is 0 Å². The predicted octanol–water partition coefficient (Wildman–Crippen LogP) is 2.09. The lowest BCUT2D eigenvalue weighted by Gasteiger charge is -2.32. The number of aliphatic hydroxyl groups is 2. The number of halogens is 1. The lowest BCUT2D eigenvalue weighted by Crippen LogP contribution is -2.48. The molecular formula is C20H20ClN3O4S. The van der Waals surface area contributed by atoms with E-state index in [-0.39, 0.29) is 11.9 Å². The van der Waals surface area contributed by atoms with Gasteiger partial charge in [-0.05, 0) is 29.7 Å². The van der Waals surface area contributed by atoms with Crippen LogP contribution in [-0.2, 0) is 11.2 Å². The Morgan fingerprint density at radius 2 is 2.14 bits per heavy atom. The number of thiophene rings is 1. The molecule has 3 atom stereocenters. The molecule has 2 amide bonds. The molecule has 9 heteroatoms. The van der Waals surface area contributed by atoms with E-state index < -0.39 is 24.7 Å². The molecule has 4 N–H and O–H groups in total. The van der Waals surface area contributed by atoms with E-state index >= 15 is 0 Å². The maximum absolute atomic E-state index is 12.9. The highest BCUT2D eigenvalue weighted by Gasteiger charge is 2.39. The van der Waals surface area contributed by atoms with E-state index in [0.29, 0.717) is 16.5 Å². The fourth-order valence-electron chi connectivity index (χ4n) is 3.89. The number of hydrogen-bond donors (Lipinski definition) is 4. The minimum absolute atomic E-state index is 0.282. The molecule has 7 nitrogen and oxygen atoms in total. The van der Waals surface area contributed by atoms with Crippen LogP contribution in [0.25, 0.3) is 10.2 Å². The number of carbonyl (C=O) groups excluding carboxylic acids is 2. The summed E-state index contributed by atoms with van der Waals surface area (Å²) in [7, 11) is 1.57. The topological polar surface area (TPSA) is 106 Å². The molecule has 0 fully saturated rings. The van der Waals surface area contributed by atoms with Gasteiger partial charge in [0.2, 0.25) is 0 Å². The minimum atomic E-state index is -1.50. The van der Waals surface area contributed by atoms with Gasteiger partial charge in [0.05, 0.1) is 23.0 Å². The maximum Gasteiger partial charge on any atom is 0.268 e. The van der Waals surface area contributed by atoms with Gasteiger partial charge >= 0.3 is 0 Å². The quantitative estimate of drug-likeness (QED) is 0.494. The summed E-state index contributed by atoms with van der Waals surface area (Å²) in [6.07, 6.45) is -0.940. The summed E-state index contributed by atoms with van der Waals surface area (Å²) in [5, 5.41) is 22.8. The summed E-state index contributed by atoms with van der Waals surface area (Å²) < 4.78 is 0.645. The molecule has 1 aliphatic carbocycles. The Hall–Kier alpha value is -2.39. The molecule has 0 aliphatic heterocycles. The summed E-state index contributed by atoms with van der Waals surface area (Å²) in [4.78, 5) is 30.6. The highest BCUT2D eigenvalue weighted by Crippen LogP contribution is 2.36. The van der Waals surface area contributed by atoms with E-state index in [4.69, 9.17) is 16.7 Å². The van der Waals surface area contributed by atoms with Gasteiger partial charge < -0.3 is 25.4 Å². The molecular weight excluding hydrogens is 414 g/mol. The zero-order valence-corrected chi connectivity index (χ0v) is 17.1. The third kappa shape index (κ3) is 3.64. The van der Waals surface area contributed by atoms with Gasteiger partial charge in [-0.15, -0.1) is 11.3 Å². The highest BCUT2D eigenvalue weighted by molar-refractivity contribution is 7.22. The number of aromatic amines is 1. The van der Waals surface area contributed by atoms with Crippen LogP contribution in [0.2, 0.25) is 4.34 Å². The van der Waals surface area contributed by atoms with E-state index in [2.05, 4.69) is 10.3 Å². The van der Waals surface area contributed by atoms with Crippen LogP contribution in [0.5, 0.6) is 0 Å². The van der Waals surface area contributed by atoms with Gasteiger partial charge in [-0.1, -0.05) is 35.9 Å². The molecule has 0 spiro atoms. The van der Waals surface area contributed by atoms with Gasteiger partial charge in [0.25, 0.3) is 11.8 Å². The molecule has 0 saturated carbocycles. The maximum atomic E-state index is 12.9. The number of amides is 2. The van der Waals surface area contributed by atoms with Crippen molar-refractivity contribution in [2.24, 2.45) is 0 Å². The Kier molecular flexibility index (Phi) is 5.35. The standard InChI is InChI=1S/C20H20ClN3O4S/c1-24(20(28)15(26)9-25)17-12-5-3-2-4-10(12)6-13(17)22-18(27)14-7-11-8-16(21)29-19(11)23-14/h2-5,7-8,13,15,17,23,25-26H,6,9H2,1H3,(H,22,27)/t13-,15-,17+/m1/s1. The predicted molar refractivity (Wildman–Crippen MR) is 111 cm³/mol. The average molecular weight is 434 g/mol. The number of H-pyrrole nitrogens is 1. The molecule has 0 saturated heterocycles. The molecule has 1 aromatic carbocycles. The van der Waals surface area contributed by atoms with Crippen LogP contribution in [-0.4, -0.2) is 57.7 Å². The van der Waals surface area contributed by atoms with Crippen LogP contribution in [0.1, 0.15) is 27.7 Å². The molecule has 0 radical (unpaired) electrons. The van der Waals surface area contributed by atoms with Crippen molar-refractivity contribution >= 4 is 45.0 Å². The van der Waals surface area contributed by atoms with Crippen molar-refractivity contribution in [2.45, 2.75) is 24.6 Å². The first kappa shape index (κ1) is 19.9. The van der Waals surface area contributed by atoms with E-state index in [9.17, 15) is 14.7 Å². The summed E-state index contributed by atoms with van der Waals surface area (Å²) in [6.45, 7) is -0.656. The van der Waals surface area contributed by atoms with E-state index in [0.717, 1.165) is 21.3 Å². The molecule has 0 bridgehead atoms. The third-order valence-electron chi connectivity index (χ3n) is 5.26.